The number of hydrogen-bond acceptors (Lipinski definition) is 4. The fourth-order valence-electron chi connectivity index (χ4n) is 5.00. The number of hydrogen-bond donors (Lipinski definition) is 0. The second kappa shape index (κ2) is 11.2. The first-order chi connectivity index (χ1) is 16.0. The predicted octanol–water partition coefficient (Wildman–Crippen LogP) is 5.58. The van der Waals surface area contributed by atoms with Gasteiger partial charge in [0.05, 0.1) is 12.6 Å². The number of carbonyl (C=O) groups excluding carboxylic acids is 2. The van der Waals surface area contributed by atoms with Crippen molar-refractivity contribution < 1.29 is 14.3 Å². The number of thiophene rings is 1. The van der Waals surface area contributed by atoms with Gasteiger partial charge in [0, 0.05) is 47.6 Å². The SMILES string of the molecule is COCCCN(CC(=O)N1CCc2sccc2C1c1ccc(Cl)cc1Cl)C(=O)C1CCCC1. The van der Waals surface area contributed by atoms with Crippen LogP contribution in [0.1, 0.15) is 54.1 Å². The van der Waals surface area contributed by atoms with E-state index in [0.717, 1.165) is 43.2 Å². The Bertz CT molecular complexity index is 990. The van der Waals surface area contributed by atoms with Gasteiger partial charge in [-0.2, -0.15) is 0 Å². The molecule has 1 aliphatic heterocycles. The van der Waals surface area contributed by atoms with Crippen molar-refractivity contribution >= 4 is 46.4 Å². The molecule has 178 valence electrons. The zero-order valence-electron chi connectivity index (χ0n) is 18.9. The maximum Gasteiger partial charge on any atom is 0.242 e. The summed E-state index contributed by atoms with van der Waals surface area (Å²) in [4.78, 5) is 31.8. The molecule has 1 fully saturated rings. The number of carbonyl (C=O) groups is 2. The maximum absolute atomic E-state index is 13.7. The third-order valence-electron chi connectivity index (χ3n) is 6.66. The van der Waals surface area contributed by atoms with E-state index in [1.165, 1.54) is 4.88 Å². The number of benzene rings is 1. The van der Waals surface area contributed by atoms with E-state index in [4.69, 9.17) is 27.9 Å². The van der Waals surface area contributed by atoms with Gasteiger partial charge in [0.1, 0.15) is 0 Å². The third kappa shape index (κ3) is 5.56. The Morgan fingerprint density at radius 1 is 1.18 bits per heavy atom. The normalized spacial score (nSPS) is 18.4. The first-order valence-corrected chi connectivity index (χ1v) is 13.2. The topological polar surface area (TPSA) is 49.9 Å². The van der Waals surface area contributed by atoms with E-state index in [1.54, 1.807) is 29.4 Å². The molecule has 0 N–H and O–H groups in total. The molecule has 5 nitrogen and oxygen atoms in total. The van der Waals surface area contributed by atoms with Crippen LogP contribution in [0.4, 0.5) is 0 Å². The highest BCUT2D eigenvalue weighted by Crippen LogP contribution is 2.41. The standard InChI is InChI=1S/C25H30Cl2N2O3S/c1-32-13-4-11-28(25(31)17-5-2-3-6-17)16-23(30)29-12-9-22-20(10-14-33-22)24(29)19-8-7-18(26)15-21(19)27/h7-8,10,14-15,17,24H,2-6,9,11-13,16H2,1H3. The molecule has 4 rings (SSSR count). The Hall–Kier alpha value is -1.60. The van der Waals surface area contributed by atoms with Gasteiger partial charge in [-0.25, -0.2) is 0 Å². The van der Waals surface area contributed by atoms with Crippen molar-refractivity contribution in [3.8, 4) is 0 Å². The molecule has 2 heterocycles. The monoisotopic (exact) mass is 508 g/mol. The van der Waals surface area contributed by atoms with Crippen LogP contribution in [0.3, 0.4) is 0 Å². The van der Waals surface area contributed by atoms with E-state index in [0.29, 0.717) is 36.2 Å². The highest BCUT2D eigenvalue weighted by molar-refractivity contribution is 7.10. The Balaban J connectivity index is 1.59. The van der Waals surface area contributed by atoms with Crippen LogP contribution in [0, 0.1) is 5.92 Å². The van der Waals surface area contributed by atoms with Crippen LogP contribution in [0.5, 0.6) is 0 Å². The average molecular weight is 509 g/mol. The number of rotatable bonds is 8. The van der Waals surface area contributed by atoms with Crippen molar-refractivity contribution in [3.05, 3.63) is 55.7 Å². The molecular formula is C25H30Cl2N2O3S. The Kier molecular flexibility index (Phi) is 8.34. The van der Waals surface area contributed by atoms with Crippen molar-refractivity contribution in [1.29, 1.82) is 0 Å². The molecule has 0 saturated heterocycles. The zero-order chi connectivity index (χ0) is 23.4. The number of fused-ring (bicyclic) bond motifs is 1. The van der Waals surface area contributed by atoms with Crippen LogP contribution >= 0.6 is 34.5 Å². The molecule has 0 radical (unpaired) electrons. The van der Waals surface area contributed by atoms with Crippen LogP contribution in [0.15, 0.2) is 29.6 Å². The molecule has 0 bridgehead atoms. The maximum atomic E-state index is 13.7. The molecule has 1 unspecified atom stereocenters. The van der Waals surface area contributed by atoms with Crippen molar-refractivity contribution in [2.45, 2.75) is 44.6 Å². The van der Waals surface area contributed by atoms with Crippen LogP contribution < -0.4 is 0 Å². The molecule has 8 heteroatoms. The smallest absolute Gasteiger partial charge is 0.242 e. The van der Waals surface area contributed by atoms with E-state index in [1.807, 2.05) is 17.0 Å². The predicted molar refractivity (Wildman–Crippen MR) is 133 cm³/mol. The van der Waals surface area contributed by atoms with E-state index >= 15 is 0 Å². The van der Waals surface area contributed by atoms with Gasteiger partial charge in [0.15, 0.2) is 0 Å². The van der Waals surface area contributed by atoms with Crippen LogP contribution in [-0.2, 0) is 20.7 Å². The van der Waals surface area contributed by atoms with Gasteiger partial charge < -0.3 is 14.5 Å². The summed E-state index contributed by atoms with van der Waals surface area (Å²) in [6.45, 7) is 1.77. The summed E-state index contributed by atoms with van der Waals surface area (Å²) in [5.41, 5.74) is 1.97. The largest absolute Gasteiger partial charge is 0.385 e. The lowest BCUT2D eigenvalue weighted by Crippen LogP contribution is -2.48. The van der Waals surface area contributed by atoms with Gasteiger partial charge in [0.2, 0.25) is 11.8 Å². The van der Waals surface area contributed by atoms with Crippen molar-refractivity contribution in [2.24, 2.45) is 5.92 Å². The molecule has 1 aromatic carbocycles. The average Bonchev–Trinajstić information content (AvgIpc) is 3.50. The molecule has 1 saturated carbocycles. The molecular weight excluding hydrogens is 479 g/mol. The van der Waals surface area contributed by atoms with Gasteiger partial charge in [-0.05, 0) is 60.4 Å². The first-order valence-electron chi connectivity index (χ1n) is 11.6. The fraction of sp³-hybridized carbons (Fsp3) is 0.520. The number of methoxy groups -OCH3 is 1. The first kappa shape index (κ1) is 24.5. The molecule has 1 aromatic heterocycles. The molecule has 1 atom stereocenters. The Morgan fingerprint density at radius 3 is 2.70 bits per heavy atom. The van der Waals surface area contributed by atoms with Gasteiger partial charge >= 0.3 is 0 Å². The summed E-state index contributed by atoms with van der Waals surface area (Å²) in [5.74, 6) is 0.0876. The summed E-state index contributed by atoms with van der Waals surface area (Å²) in [6.07, 6.45) is 5.52. The lowest BCUT2D eigenvalue weighted by atomic mass is 9.93. The lowest BCUT2D eigenvalue weighted by Gasteiger charge is -2.38. The minimum atomic E-state index is -0.278. The van der Waals surface area contributed by atoms with Gasteiger partial charge in [0.25, 0.3) is 0 Å². The number of nitrogens with zero attached hydrogens (tertiary/aromatic N) is 2. The molecule has 2 amide bonds. The van der Waals surface area contributed by atoms with Crippen molar-refractivity contribution in [1.82, 2.24) is 9.80 Å². The van der Waals surface area contributed by atoms with Crippen molar-refractivity contribution in [3.63, 3.8) is 0 Å². The van der Waals surface area contributed by atoms with E-state index in [-0.39, 0.29) is 30.3 Å². The van der Waals surface area contributed by atoms with E-state index in [2.05, 4.69) is 11.4 Å². The zero-order valence-corrected chi connectivity index (χ0v) is 21.2. The highest BCUT2D eigenvalue weighted by atomic mass is 35.5. The summed E-state index contributed by atoms with van der Waals surface area (Å²) in [5, 5.41) is 3.17. The molecule has 2 aliphatic rings. The molecule has 33 heavy (non-hydrogen) atoms. The quantitative estimate of drug-likeness (QED) is 0.437. The Labute approximate surface area is 209 Å². The number of ether oxygens (including phenoxy) is 1. The fourth-order valence-corrected chi connectivity index (χ4v) is 6.41. The summed E-state index contributed by atoms with van der Waals surface area (Å²) in [6, 6.07) is 7.24. The lowest BCUT2D eigenvalue weighted by molar-refractivity contribution is -0.144. The number of amides is 2. The van der Waals surface area contributed by atoms with Crippen LogP contribution in [0.2, 0.25) is 10.0 Å². The molecule has 2 aromatic rings. The van der Waals surface area contributed by atoms with E-state index < -0.39 is 0 Å². The minimum absolute atomic E-state index is 0.0340. The van der Waals surface area contributed by atoms with Gasteiger partial charge in [-0.3, -0.25) is 9.59 Å². The minimum Gasteiger partial charge on any atom is -0.385 e. The van der Waals surface area contributed by atoms with Gasteiger partial charge in [-0.1, -0.05) is 42.1 Å². The number of halogens is 2. The highest BCUT2D eigenvalue weighted by Gasteiger charge is 2.36. The summed E-state index contributed by atoms with van der Waals surface area (Å²) >= 11 is 14.4. The second-order valence-corrected chi connectivity index (χ2v) is 10.6. The third-order valence-corrected chi connectivity index (χ3v) is 8.22. The van der Waals surface area contributed by atoms with Gasteiger partial charge in [-0.15, -0.1) is 11.3 Å². The summed E-state index contributed by atoms with van der Waals surface area (Å²) in [7, 11) is 1.65. The Morgan fingerprint density at radius 2 is 1.97 bits per heavy atom. The van der Waals surface area contributed by atoms with Crippen LogP contribution in [0.25, 0.3) is 0 Å². The molecule has 0 spiro atoms. The van der Waals surface area contributed by atoms with Crippen LogP contribution in [-0.4, -0.2) is 55.0 Å². The molecule has 1 aliphatic carbocycles. The van der Waals surface area contributed by atoms with E-state index in [9.17, 15) is 9.59 Å². The second-order valence-electron chi connectivity index (χ2n) is 8.79. The van der Waals surface area contributed by atoms with Crippen molar-refractivity contribution in [2.75, 3.05) is 33.4 Å². The summed E-state index contributed by atoms with van der Waals surface area (Å²) < 4.78 is 5.19.